The summed E-state index contributed by atoms with van der Waals surface area (Å²) in [5.41, 5.74) is 0. The van der Waals surface area contributed by atoms with E-state index in [9.17, 15) is 0 Å². The highest BCUT2D eigenvalue weighted by atomic mass is 32.1. The molecular formula is C13H23N3S. The fourth-order valence-electron chi connectivity index (χ4n) is 2.50. The molecule has 1 N–H and O–H groups in total. The fourth-order valence-corrected chi connectivity index (χ4v) is 3.41. The lowest BCUT2D eigenvalue weighted by atomic mass is 9.93. The zero-order chi connectivity index (χ0) is 12.3. The third kappa shape index (κ3) is 3.42. The Hall–Kier alpha value is -0.610. The van der Waals surface area contributed by atoms with E-state index in [1.165, 1.54) is 24.3 Å². The van der Waals surface area contributed by atoms with E-state index in [4.69, 9.17) is 0 Å². The number of hydrogen-bond acceptors (Lipinski definition) is 4. The zero-order valence-corrected chi connectivity index (χ0v) is 11.9. The average Bonchev–Trinajstić information content (AvgIpc) is 2.71. The van der Waals surface area contributed by atoms with Crippen LogP contribution >= 0.6 is 11.3 Å². The monoisotopic (exact) mass is 253 g/mol. The summed E-state index contributed by atoms with van der Waals surface area (Å²) in [5.74, 6) is 0.889. The highest BCUT2D eigenvalue weighted by Gasteiger charge is 2.23. The van der Waals surface area contributed by atoms with Gasteiger partial charge in [0.15, 0.2) is 5.13 Å². The van der Waals surface area contributed by atoms with E-state index in [0.717, 1.165) is 24.1 Å². The van der Waals surface area contributed by atoms with Crippen LogP contribution in [0.3, 0.4) is 0 Å². The first-order valence-electron chi connectivity index (χ1n) is 6.61. The van der Waals surface area contributed by atoms with Crippen molar-refractivity contribution in [2.45, 2.75) is 46.2 Å². The average molecular weight is 253 g/mol. The summed E-state index contributed by atoms with van der Waals surface area (Å²) in [4.78, 5) is 8.36. The Labute approximate surface area is 108 Å². The van der Waals surface area contributed by atoms with Gasteiger partial charge >= 0.3 is 0 Å². The van der Waals surface area contributed by atoms with Crippen molar-refractivity contribution in [2.24, 2.45) is 5.92 Å². The van der Waals surface area contributed by atoms with Crippen LogP contribution in [0.15, 0.2) is 6.20 Å². The number of thiazole rings is 1. The summed E-state index contributed by atoms with van der Waals surface area (Å²) in [6.07, 6.45) is 4.69. The third-order valence-corrected chi connectivity index (χ3v) is 4.46. The lowest BCUT2D eigenvalue weighted by Gasteiger charge is -2.36. The Balaban J connectivity index is 1.91. The highest BCUT2D eigenvalue weighted by Crippen LogP contribution is 2.26. The predicted molar refractivity (Wildman–Crippen MR) is 74.5 cm³/mol. The first-order valence-corrected chi connectivity index (χ1v) is 7.43. The predicted octanol–water partition coefficient (Wildman–Crippen LogP) is 3.20. The number of nitrogens with one attached hydrogen (secondary N) is 1. The number of piperidine rings is 1. The van der Waals surface area contributed by atoms with Gasteiger partial charge in [-0.25, -0.2) is 4.98 Å². The van der Waals surface area contributed by atoms with Crippen molar-refractivity contribution in [2.75, 3.05) is 18.4 Å². The van der Waals surface area contributed by atoms with Crippen LogP contribution in [0.25, 0.3) is 0 Å². The first kappa shape index (κ1) is 12.8. The molecule has 1 aliphatic heterocycles. The quantitative estimate of drug-likeness (QED) is 0.893. The maximum atomic E-state index is 4.39. The molecule has 0 amide bonds. The second-order valence-corrected chi connectivity index (χ2v) is 6.23. The summed E-state index contributed by atoms with van der Waals surface area (Å²) in [7, 11) is 0. The minimum absolute atomic E-state index is 0.712. The van der Waals surface area contributed by atoms with Gasteiger partial charge in [0.25, 0.3) is 0 Å². The van der Waals surface area contributed by atoms with Gasteiger partial charge < -0.3 is 5.32 Å². The second-order valence-electron chi connectivity index (χ2n) is 5.11. The van der Waals surface area contributed by atoms with Gasteiger partial charge in [-0.2, -0.15) is 0 Å². The van der Waals surface area contributed by atoms with Crippen LogP contribution in [0.2, 0.25) is 0 Å². The molecule has 2 heterocycles. The summed E-state index contributed by atoms with van der Waals surface area (Å²) in [6.45, 7) is 10.1. The standard InChI is InChI=1S/C13H23N3S/c1-4-14-13-15-8-12(17-13)9-16-6-5-10(2)7-11(16)3/h8,10-11H,4-7,9H2,1-3H3,(H,14,15). The minimum Gasteiger partial charge on any atom is -0.362 e. The summed E-state index contributed by atoms with van der Waals surface area (Å²) in [6, 6.07) is 0.712. The summed E-state index contributed by atoms with van der Waals surface area (Å²) in [5, 5.41) is 4.33. The van der Waals surface area contributed by atoms with Crippen LogP contribution in [0.5, 0.6) is 0 Å². The van der Waals surface area contributed by atoms with Crippen molar-refractivity contribution in [1.29, 1.82) is 0 Å². The molecule has 1 aromatic heterocycles. The molecule has 1 aromatic rings. The zero-order valence-electron chi connectivity index (χ0n) is 11.1. The number of aromatic nitrogens is 1. The lowest BCUT2D eigenvalue weighted by molar-refractivity contribution is 0.123. The van der Waals surface area contributed by atoms with Gasteiger partial charge in [-0.05, 0) is 39.2 Å². The Morgan fingerprint density at radius 2 is 2.35 bits per heavy atom. The summed E-state index contributed by atoms with van der Waals surface area (Å²) < 4.78 is 0. The Morgan fingerprint density at radius 3 is 3.06 bits per heavy atom. The largest absolute Gasteiger partial charge is 0.362 e. The number of nitrogens with zero attached hydrogens (tertiary/aromatic N) is 2. The molecule has 0 bridgehead atoms. The van der Waals surface area contributed by atoms with Crippen LogP contribution in [0.1, 0.15) is 38.5 Å². The van der Waals surface area contributed by atoms with E-state index in [2.05, 4.69) is 36.0 Å². The Morgan fingerprint density at radius 1 is 1.53 bits per heavy atom. The normalized spacial score (nSPS) is 26.1. The molecule has 2 atom stereocenters. The van der Waals surface area contributed by atoms with E-state index < -0.39 is 0 Å². The van der Waals surface area contributed by atoms with Gasteiger partial charge in [-0.15, -0.1) is 11.3 Å². The molecule has 2 rings (SSSR count). The molecule has 96 valence electrons. The van der Waals surface area contributed by atoms with Crippen molar-refractivity contribution in [3.8, 4) is 0 Å². The van der Waals surface area contributed by atoms with Crippen molar-refractivity contribution in [1.82, 2.24) is 9.88 Å². The van der Waals surface area contributed by atoms with Crippen molar-refractivity contribution < 1.29 is 0 Å². The first-order chi connectivity index (χ1) is 8.19. The molecule has 17 heavy (non-hydrogen) atoms. The highest BCUT2D eigenvalue weighted by molar-refractivity contribution is 7.15. The molecule has 0 saturated carbocycles. The third-order valence-electron chi connectivity index (χ3n) is 3.52. The molecular weight excluding hydrogens is 230 g/mol. The van der Waals surface area contributed by atoms with E-state index in [-0.39, 0.29) is 0 Å². The number of anilines is 1. The van der Waals surface area contributed by atoms with E-state index in [1.54, 1.807) is 11.3 Å². The fraction of sp³-hybridized carbons (Fsp3) is 0.769. The van der Waals surface area contributed by atoms with E-state index in [0.29, 0.717) is 6.04 Å². The molecule has 1 fully saturated rings. The van der Waals surface area contributed by atoms with Gasteiger partial charge in [0.2, 0.25) is 0 Å². The van der Waals surface area contributed by atoms with Gasteiger partial charge in [-0.1, -0.05) is 6.92 Å². The molecule has 1 aliphatic rings. The molecule has 0 radical (unpaired) electrons. The number of likely N-dealkylation sites (tertiary alicyclic amines) is 1. The lowest BCUT2D eigenvalue weighted by Crippen LogP contribution is -2.39. The van der Waals surface area contributed by atoms with Crippen LogP contribution in [0, 0.1) is 5.92 Å². The molecule has 1 saturated heterocycles. The molecule has 4 heteroatoms. The minimum atomic E-state index is 0.712. The molecule has 0 aromatic carbocycles. The smallest absolute Gasteiger partial charge is 0.182 e. The van der Waals surface area contributed by atoms with Crippen LogP contribution in [-0.4, -0.2) is 29.0 Å². The number of hydrogen-bond donors (Lipinski definition) is 1. The molecule has 0 aliphatic carbocycles. The molecule has 0 spiro atoms. The second kappa shape index (κ2) is 5.83. The van der Waals surface area contributed by atoms with Crippen LogP contribution in [-0.2, 0) is 6.54 Å². The number of rotatable bonds is 4. The van der Waals surface area contributed by atoms with Crippen LogP contribution < -0.4 is 5.32 Å². The Bertz CT molecular complexity index is 350. The molecule has 3 nitrogen and oxygen atoms in total. The van der Waals surface area contributed by atoms with Crippen LogP contribution in [0.4, 0.5) is 5.13 Å². The van der Waals surface area contributed by atoms with Gasteiger partial charge in [0, 0.05) is 30.2 Å². The Kier molecular flexibility index (Phi) is 4.40. The molecule has 2 unspecified atom stereocenters. The topological polar surface area (TPSA) is 28.2 Å². The maximum absolute atomic E-state index is 4.39. The van der Waals surface area contributed by atoms with Gasteiger partial charge in [-0.3, -0.25) is 4.90 Å². The van der Waals surface area contributed by atoms with Crippen molar-refractivity contribution in [3.63, 3.8) is 0 Å². The van der Waals surface area contributed by atoms with Gasteiger partial charge in [0.1, 0.15) is 0 Å². The maximum Gasteiger partial charge on any atom is 0.182 e. The van der Waals surface area contributed by atoms with Crippen molar-refractivity contribution >= 4 is 16.5 Å². The SMILES string of the molecule is CCNc1ncc(CN2CCC(C)CC2C)s1. The van der Waals surface area contributed by atoms with E-state index >= 15 is 0 Å². The van der Waals surface area contributed by atoms with Crippen molar-refractivity contribution in [3.05, 3.63) is 11.1 Å². The summed E-state index contributed by atoms with van der Waals surface area (Å²) >= 11 is 1.79. The van der Waals surface area contributed by atoms with E-state index in [1.807, 2.05) is 6.20 Å². The van der Waals surface area contributed by atoms with Gasteiger partial charge in [0.05, 0.1) is 0 Å².